The first-order chi connectivity index (χ1) is 14.2. The first-order valence-corrected chi connectivity index (χ1v) is 9.90. The highest BCUT2D eigenvalue weighted by atomic mass is 16.5. The molecule has 2 atom stereocenters. The van der Waals surface area contributed by atoms with E-state index in [0.717, 1.165) is 36.1 Å². The largest absolute Gasteiger partial charge is 0.471 e. The van der Waals surface area contributed by atoms with E-state index < -0.39 is 6.10 Å². The number of fused-ring (bicyclic) bond motifs is 1. The van der Waals surface area contributed by atoms with Crippen molar-refractivity contribution in [3.05, 3.63) is 71.7 Å². The molecular weight excluding hydrogens is 368 g/mol. The lowest BCUT2D eigenvalue weighted by molar-refractivity contribution is 0.0553. The Kier molecular flexibility index (Phi) is 4.52. The van der Waals surface area contributed by atoms with Gasteiger partial charge in [-0.25, -0.2) is 9.67 Å². The molecule has 148 valence electrons. The number of amides is 1. The molecule has 29 heavy (non-hydrogen) atoms. The van der Waals surface area contributed by atoms with Gasteiger partial charge in [-0.2, -0.15) is 5.10 Å². The van der Waals surface area contributed by atoms with Gasteiger partial charge in [-0.1, -0.05) is 12.1 Å². The molecule has 7 nitrogen and oxygen atoms in total. The van der Waals surface area contributed by atoms with Crippen molar-refractivity contribution >= 4 is 5.91 Å². The summed E-state index contributed by atoms with van der Waals surface area (Å²) in [5.74, 6) is 0.265. The van der Waals surface area contributed by atoms with Gasteiger partial charge in [0.1, 0.15) is 11.7 Å². The van der Waals surface area contributed by atoms with Crippen molar-refractivity contribution in [2.24, 2.45) is 0 Å². The molecule has 1 aliphatic carbocycles. The SMILES string of the molecule is O=C1c2c(ccnc2O[C@H]2CCC[C@@H]2O)CN1Cc1ccc(-n2cccn2)cc1. The predicted octanol–water partition coefficient (Wildman–Crippen LogP) is 2.72. The quantitative estimate of drug-likeness (QED) is 0.725. The number of nitrogens with zero attached hydrogens (tertiary/aromatic N) is 4. The van der Waals surface area contributed by atoms with E-state index in [1.807, 2.05) is 42.6 Å². The molecule has 1 aliphatic heterocycles. The maximum Gasteiger partial charge on any atom is 0.260 e. The summed E-state index contributed by atoms with van der Waals surface area (Å²) in [5, 5.41) is 14.3. The van der Waals surface area contributed by atoms with Crippen LogP contribution >= 0.6 is 0 Å². The minimum Gasteiger partial charge on any atom is -0.471 e. The molecule has 1 fully saturated rings. The molecule has 1 saturated carbocycles. The molecule has 0 spiro atoms. The van der Waals surface area contributed by atoms with Crippen LogP contribution in [0.1, 0.15) is 40.7 Å². The number of aromatic nitrogens is 3. The fourth-order valence-corrected chi connectivity index (χ4v) is 4.08. The van der Waals surface area contributed by atoms with Crippen molar-refractivity contribution in [2.75, 3.05) is 0 Å². The van der Waals surface area contributed by atoms with Crippen LogP contribution in [0.25, 0.3) is 5.69 Å². The second-order valence-corrected chi connectivity index (χ2v) is 7.58. The van der Waals surface area contributed by atoms with Gasteiger partial charge in [0.15, 0.2) is 0 Å². The molecule has 7 heteroatoms. The van der Waals surface area contributed by atoms with Crippen LogP contribution in [0.3, 0.4) is 0 Å². The van der Waals surface area contributed by atoms with Gasteiger partial charge in [0.05, 0.1) is 11.8 Å². The van der Waals surface area contributed by atoms with E-state index in [-0.39, 0.29) is 12.0 Å². The van der Waals surface area contributed by atoms with Gasteiger partial charge in [-0.15, -0.1) is 0 Å². The molecule has 1 N–H and O–H groups in total. The standard InChI is InChI=1S/C22H22N4O3/c27-18-3-1-4-19(18)29-21-20-16(9-11-23-21)14-25(22(20)28)13-15-5-7-17(8-6-15)26-12-2-10-24-26/h2,5-12,18-19,27H,1,3-4,13-14H2/t18-,19-/m0/s1. The molecule has 2 aliphatic rings. The molecule has 5 rings (SSSR count). The first kappa shape index (κ1) is 17.9. The van der Waals surface area contributed by atoms with E-state index in [2.05, 4.69) is 10.1 Å². The maximum atomic E-state index is 13.1. The first-order valence-electron chi connectivity index (χ1n) is 9.90. The summed E-state index contributed by atoms with van der Waals surface area (Å²) >= 11 is 0. The molecule has 1 amide bonds. The zero-order valence-corrected chi connectivity index (χ0v) is 15.9. The number of aliphatic hydroxyl groups is 1. The third kappa shape index (κ3) is 3.38. The molecule has 0 saturated heterocycles. The lowest BCUT2D eigenvalue weighted by Crippen LogP contribution is -2.27. The number of carbonyl (C=O) groups excluding carboxylic acids is 1. The van der Waals surface area contributed by atoms with Crippen LogP contribution in [0.2, 0.25) is 0 Å². The molecule has 1 aromatic carbocycles. The van der Waals surface area contributed by atoms with Crippen molar-refractivity contribution in [1.82, 2.24) is 19.7 Å². The third-order valence-corrected chi connectivity index (χ3v) is 5.62. The number of carbonyl (C=O) groups is 1. The van der Waals surface area contributed by atoms with Crippen LogP contribution in [0, 0.1) is 0 Å². The highest BCUT2D eigenvalue weighted by Crippen LogP contribution is 2.33. The van der Waals surface area contributed by atoms with Crippen molar-refractivity contribution in [3.8, 4) is 11.6 Å². The Morgan fingerprint density at radius 3 is 2.72 bits per heavy atom. The molecule has 0 bridgehead atoms. The summed E-state index contributed by atoms with van der Waals surface area (Å²) in [6.07, 6.45) is 6.97. The molecule has 0 unspecified atom stereocenters. The average molecular weight is 390 g/mol. The fourth-order valence-electron chi connectivity index (χ4n) is 4.08. The van der Waals surface area contributed by atoms with Crippen LogP contribution < -0.4 is 4.74 Å². The van der Waals surface area contributed by atoms with Gasteiger partial charge in [-0.3, -0.25) is 4.79 Å². The van der Waals surface area contributed by atoms with Gasteiger partial charge in [0.2, 0.25) is 5.88 Å². The smallest absolute Gasteiger partial charge is 0.260 e. The molecule has 0 radical (unpaired) electrons. The second-order valence-electron chi connectivity index (χ2n) is 7.58. The lowest BCUT2D eigenvalue weighted by Gasteiger charge is -2.18. The highest BCUT2D eigenvalue weighted by Gasteiger charge is 2.34. The van der Waals surface area contributed by atoms with Crippen LogP contribution in [-0.2, 0) is 13.1 Å². The number of aliphatic hydroxyl groups excluding tert-OH is 1. The van der Waals surface area contributed by atoms with Crippen molar-refractivity contribution < 1.29 is 14.6 Å². The Morgan fingerprint density at radius 1 is 1.14 bits per heavy atom. The third-order valence-electron chi connectivity index (χ3n) is 5.62. The Hall–Kier alpha value is -3.19. The Balaban J connectivity index is 1.32. The van der Waals surface area contributed by atoms with E-state index in [1.165, 1.54) is 0 Å². The van der Waals surface area contributed by atoms with E-state index in [1.54, 1.807) is 22.0 Å². The molecule has 3 heterocycles. The fraction of sp³-hybridized carbons (Fsp3) is 0.318. The second kappa shape index (κ2) is 7.33. The van der Waals surface area contributed by atoms with Gasteiger partial charge < -0.3 is 14.7 Å². The normalized spacial score (nSPS) is 20.9. The van der Waals surface area contributed by atoms with Gasteiger partial charge in [0, 0.05) is 31.7 Å². The minimum absolute atomic E-state index is 0.0771. The number of benzene rings is 1. The average Bonchev–Trinajstić information content (AvgIpc) is 3.46. The van der Waals surface area contributed by atoms with Crippen molar-refractivity contribution in [2.45, 2.75) is 44.6 Å². The summed E-state index contributed by atoms with van der Waals surface area (Å²) in [6.45, 7) is 1.04. The highest BCUT2D eigenvalue weighted by molar-refractivity contribution is 6.00. The predicted molar refractivity (Wildman–Crippen MR) is 106 cm³/mol. The van der Waals surface area contributed by atoms with Crippen LogP contribution in [-0.4, -0.2) is 42.9 Å². The monoisotopic (exact) mass is 390 g/mol. The summed E-state index contributed by atoms with van der Waals surface area (Å²) < 4.78 is 7.74. The summed E-state index contributed by atoms with van der Waals surface area (Å²) in [5.41, 5.74) is 3.47. The van der Waals surface area contributed by atoms with E-state index >= 15 is 0 Å². The Bertz CT molecular complexity index is 1020. The number of rotatable bonds is 5. The minimum atomic E-state index is -0.492. The number of hydrogen-bond acceptors (Lipinski definition) is 5. The maximum absolute atomic E-state index is 13.1. The van der Waals surface area contributed by atoms with Crippen LogP contribution in [0.15, 0.2) is 55.0 Å². The molecular formula is C22H22N4O3. The summed E-state index contributed by atoms with van der Waals surface area (Å²) in [7, 11) is 0. The number of ether oxygens (including phenoxy) is 1. The Labute approximate surface area is 168 Å². The van der Waals surface area contributed by atoms with Gasteiger partial charge in [0.25, 0.3) is 5.91 Å². The molecule has 3 aromatic rings. The van der Waals surface area contributed by atoms with Crippen molar-refractivity contribution in [3.63, 3.8) is 0 Å². The lowest BCUT2D eigenvalue weighted by atomic mass is 10.1. The summed E-state index contributed by atoms with van der Waals surface area (Å²) in [4.78, 5) is 19.1. The van der Waals surface area contributed by atoms with E-state index in [9.17, 15) is 9.90 Å². The van der Waals surface area contributed by atoms with Crippen molar-refractivity contribution in [1.29, 1.82) is 0 Å². The zero-order chi connectivity index (χ0) is 19.8. The molecule has 2 aromatic heterocycles. The zero-order valence-electron chi connectivity index (χ0n) is 15.9. The number of pyridine rings is 1. The van der Waals surface area contributed by atoms with E-state index in [0.29, 0.717) is 24.5 Å². The van der Waals surface area contributed by atoms with E-state index in [4.69, 9.17) is 4.74 Å². The number of hydrogen-bond donors (Lipinski definition) is 1. The van der Waals surface area contributed by atoms with Gasteiger partial charge >= 0.3 is 0 Å². The van der Waals surface area contributed by atoms with Crippen LogP contribution in [0.5, 0.6) is 5.88 Å². The Morgan fingerprint density at radius 2 is 2.00 bits per heavy atom. The van der Waals surface area contributed by atoms with Gasteiger partial charge in [-0.05, 0) is 54.7 Å². The van der Waals surface area contributed by atoms with Crippen LogP contribution in [0.4, 0.5) is 0 Å². The topological polar surface area (TPSA) is 80.5 Å². The summed E-state index contributed by atoms with van der Waals surface area (Å²) in [6, 6.07) is 11.8.